The van der Waals surface area contributed by atoms with Crippen molar-refractivity contribution in [2.75, 3.05) is 13.1 Å². The van der Waals surface area contributed by atoms with Crippen LogP contribution in [0.2, 0.25) is 10.0 Å². The first-order valence-corrected chi connectivity index (χ1v) is 8.90. The third kappa shape index (κ3) is 2.07. The number of fused-ring (bicyclic) bond motifs is 1. The first-order chi connectivity index (χ1) is 10.5. The summed E-state index contributed by atoms with van der Waals surface area (Å²) in [7, 11) is 0. The average Bonchev–Trinajstić information content (AvgIpc) is 3.34. The number of hydrogen-bond donors (Lipinski definition) is 1. The molecule has 1 N–H and O–H groups in total. The van der Waals surface area contributed by atoms with Gasteiger partial charge in [0.05, 0.1) is 10.0 Å². The summed E-state index contributed by atoms with van der Waals surface area (Å²) in [5.74, 6) is 1.62. The topological polar surface area (TPSA) is 29.1 Å². The molecule has 4 heteroatoms. The standard InChI is InChI=1S/C18H21Cl2NO/c1-11(22)6-12-7-14(12)18-9-17(18,4-5-21-10-18)13-2-3-15(19)16(20)8-13/h2-3,8,12,14,21H,4-7,9-10H2,1H3/t12?,14?,17-,18-/m0/s1. The molecule has 2 saturated carbocycles. The molecule has 2 aliphatic carbocycles. The lowest BCUT2D eigenvalue weighted by molar-refractivity contribution is -0.117. The van der Waals surface area contributed by atoms with E-state index in [4.69, 9.17) is 23.2 Å². The van der Waals surface area contributed by atoms with Crippen molar-refractivity contribution in [3.05, 3.63) is 33.8 Å². The maximum absolute atomic E-state index is 11.4. The van der Waals surface area contributed by atoms with Gasteiger partial charge in [0.15, 0.2) is 0 Å². The predicted octanol–water partition coefficient (Wildman–Crippen LogP) is 4.23. The lowest BCUT2D eigenvalue weighted by atomic mass is 9.77. The molecule has 2 nitrogen and oxygen atoms in total. The Labute approximate surface area is 141 Å². The molecule has 22 heavy (non-hydrogen) atoms. The van der Waals surface area contributed by atoms with Crippen LogP contribution in [-0.2, 0) is 10.2 Å². The maximum Gasteiger partial charge on any atom is 0.130 e. The fraction of sp³-hybridized carbons (Fsp3) is 0.611. The van der Waals surface area contributed by atoms with E-state index in [-0.39, 0.29) is 5.41 Å². The molecule has 118 valence electrons. The summed E-state index contributed by atoms with van der Waals surface area (Å²) in [5.41, 5.74) is 1.93. The van der Waals surface area contributed by atoms with E-state index in [0.29, 0.717) is 33.1 Å². The van der Waals surface area contributed by atoms with Crippen LogP contribution in [0.3, 0.4) is 0 Å². The summed E-state index contributed by atoms with van der Waals surface area (Å²) in [6.45, 7) is 3.85. The molecule has 1 aromatic carbocycles. The highest BCUT2D eigenvalue weighted by molar-refractivity contribution is 6.42. The van der Waals surface area contributed by atoms with Gasteiger partial charge in [0.2, 0.25) is 0 Å². The molecule has 1 aliphatic heterocycles. The average molecular weight is 338 g/mol. The van der Waals surface area contributed by atoms with Gasteiger partial charge in [-0.05, 0) is 67.7 Å². The van der Waals surface area contributed by atoms with E-state index in [2.05, 4.69) is 17.4 Å². The van der Waals surface area contributed by atoms with Gasteiger partial charge in [0, 0.05) is 18.4 Å². The quantitative estimate of drug-likeness (QED) is 0.890. The Balaban J connectivity index is 1.63. The number of halogens is 2. The van der Waals surface area contributed by atoms with Crippen LogP contribution in [0.25, 0.3) is 0 Å². The number of carbonyl (C=O) groups excluding carboxylic acids is 1. The minimum absolute atomic E-state index is 0.253. The number of nitrogens with one attached hydrogen (secondary N) is 1. The van der Waals surface area contributed by atoms with Crippen molar-refractivity contribution in [1.29, 1.82) is 0 Å². The molecule has 0 aromatic heterocycles. The van der Waals surface area contributed by atoms with E-state index < -0.39 is 0 Å². The summed E-state index contributed by atoms with van der Waals surface area (Å²) >= 11 is 12.3. The van der Waals surface area contributed by atoms with Crippen LogP contribution in [0.1, 0.15) is 38.2 Å². The van der Waals surface area contributed by atoms with Gasteiger partial charge in [-0.15, -0.1) is 0 Å². The highest BCUT2D eigenvalue weighted by Crippen LogP contribution is 2.77. The normalized spacial score (nSPS) is 39.2. The third-order valence-electron chi connectivity index (χ3n) is 6.27. The van der Waals surface area contributed by atoms with E-state index in [1.165, 1.54) is 18.4 Å². The number of Topliss-reactive ketones (excluding diaryl/α,β-unsaturated/α-hetero) is 1. The van der Waals surface area contributed by atoms with Gasteiger partial charge >= 0.3 is 0 Å². The summed E-state index contributed by atoms with van der Waals surface area (Å²) < 4.78 is 0. The monoisotopic (exact) mass is 337 g/mol. The van der Waals surface area contributed by atoms with Crippen molar-refractivity contribution < 1.29 is 4.79 Å². The number of ketones is 1. The van der Waals surface area contributed by atoms with Gasteiger partial charge < -0.3 is 10.1 Å². The first kappa shape index (κ1) is 15.0. The zero-order valence-corrected chi connectivity index (χ0v) is 14.3. The van der Waals surface area contributed by atoms with E-state index in [0.717, 1.165) is 25.9 Å². The Bertz CT molecular complexity index is 646. The molecule has 4 atom stereocenters. The Kier molecular flexibility index (Phi) is 3.38. The van der Waals surface area contributed by atoms with E-state index in [9.17, 15) is 4.79 Å². The fourth-order valence-electron chi connectivity index (χ4n) is 5.14. The van der Waals surface area contributed by atoms with Gasteiger partial charge in [-0.1, -0.05) is 29.3 Å². The number of rotatable bonds is 4. The fourth-order valence-corrected chi connectivity index (χ4v) is 5.44. The zero-order chi connectivity index (χ0) is 15.5. The first-order valence-electron chi connectivity index (χ1n) is 8.14. The van der Waals surface area contributed by atoms with Gasteiger partial charge in [0.1, 0.15) is 5.78 Å². The number of carbonyl (C=O) groups is 1. The molecule has 1 saturated heterocycles. The summed E-state index contributed by atoms with van der Waals surface area (Å²) in [6.07, 6.45) is 4.35. The van der Waals surface area contributed by atoms with Crippen molar-refractivity contribution in [3.63, 3.8) is 0 Å². The number of benzene rings is 1. The van der Waals surface area contributed by atoms with Crippen molar-refractivity contribution in [1.82, 2.24) is 5.32 Å². The van der Waals surface area contributed by atoms with Crippen molar-refractivity contribution >= 4 is 29.0 Å². The summed E-state index contributed by atoms with van der Waals surface area (Å²) in [5, 5.41) is 4.87. The lowest BCUT2D eigenvalue weighted by Crippen LogP contribution is -2.40. The lowest BCUT2D eigenvalue weighted by Gasteiger charge is -2.32. The van der Waals surface area contributed by atoms with Crippen LogP contribution in [0.5, 0.6) is 0 Å². The summed E-state index contributed by atoms with van der Waals surface area (Å²) in [6, 6.07) is 6.15. The Morgan fingerprint density at radius 3 is 2.91 bits per heavy atom. The van der Waals surface area contributed by atoms with Crippen LogP contribution in [-0.4, -0.2) is 18.9 Å². The molecule has 0 bridgehead atoms. The third-order valence-corrected chi connectivity index (χ3v) is 7.01. The molecule has 0 radical (unpaired) electrons. The van der Waals surface area contributed by atoms with Crippen LogP contribution in [0, 0.1) is 17.3 Å². The van der Waals surface area contributed by atoms with Crippen molar-refractivity contribution in [2.24, 2.45) is 17.3 Å². The van der Waals surface area contributed by atoms with Gasteiger partial charge in [-0.2, -0.15) is 0 Å². The predicted molar refractivity (Wildman–Crippen MR) is 89.6 cm³/mol. The van der Waals surface area contributed by atoms with E-state index >= 15 is 0 Å². The molecule has 4 rings (SSSR count). The van der Waals surface area contributed by atoms with Gasteiger partial charge in [-0.3, -0.25) is 0 Å². The second-order valence-electron chi connectivity index (χ2n) is 7.48. The highest BCUT2D eigenvalue weighted by Gasteiger charge is 2.75. The van der Waals surface area contributed by atoms with Crippen molar-refractivity contribution in [2.45, 2.75) is 38.0 Å². The minimum atomic E-state index is 0.253. The van der Waals surface area contributed by atoms with Gasteiger partial charge in [0.25, 0.3) is 0 Å². The summed E-state index contributed by atoms with van der Waals surface area (Å²) in [4.78, 5) is 11.4. The number of piperidine rings is 1. The highest BCUT2D eigenvalue weighted by atomic mass is 35.5. The molecular weight excluding hydrogens is 317 g/mol. The molecule has 0 spiro atoms. The molecule has 0 amide bonds. The largest absolute Gasteiger partial charge is 0.316 e. The number of hydrogen-bond acceptors (Lipinski definition) is 2. The second kappa shape index (κ2) is 4.96. The minimum Gasteiger partial charge on any atom is -0.316 e. The van der Waals surface area contributed by atoms with Crippen LogP contribution < -0.4 is 5.32 Å². The zero-order valence-electron chi connectivity index (χ0n) is 12.8. The van der Waals surface area contributed by atoms with E-state index in [1.807, 2.05) is 6.07 Å². The van der Waals surface area contributed by atoms with Gasteiger partial charge in [-0.25, -0.2) is 0 Å². The molecule has 3 aliphatic rings. The molecular formula is C18H21Cl2NO. The van der Waals surface area contributed by atoms with Crippen LogP contribution in [0.4, 0.5) is 0 Å². The smallest absolute Gasteiger partial charge is 0.130 e. The molecule has 2 unspecified atom stereocenters. The van der Waals surface area contributed by atoms with Crippen LogP contribution in [0.15, 0.2) is 18.2 Å². The second-order valence-corrected chi connectivity index (χ2v) is 8.29. The molecule has 3 fully saturated rings. The Hall–Kier alpha value is -0.570. The SMILES string of the molecule is CC(=O)CC1CC1[C@]12CNCC[C@@]1(c1ccc(Cl)c(Cl)c1)C2. The maximum atomic E-state index is 11.4. The van der Waals surface area contributed by atoms with Crippen molar-refractivity contribution in [3.8, 4) is 0 Å². The van der Waals surface area contributed by atoms with Crippen LogP contribution >= 0.6 is 23.2 Å². The van der Waals surface area contributed by atoms with E-state index in [1.54, 1.807) is 6.92 Å². The Morgan fingerprint density at radius 1 is 1.36 bits per heavy atom. The molecule has 1 aromatic rings. The Morgan fingerprint density at radius 2 is 2.18 bits per heavy atom. The molecule has 1 heterocycles.